The highest BCUT2D eigenvalue weighted by molar-refractivity contribution is 5.54. The van der Waals surface area contributed by atoms with E-state index in [0.717, 1.165) is 56.8 Å². The first kappa shape index (κ1) is 29.5. The van der Waals surface area contributed by atoms with Gasteiger partial charge < -0.3 is 9.47 Å². The smallest absolute Gasteiger partial charge is 0.126 e. The molecule has 0 aliphatic heterocycles. The van der Waals surface area contributed by atoms with Gasteiger partial charge in [0, 0.05) is 17.5 Å². The van der Waals surface area contributed by atoms with Crippen LogP contribution < -0.4 is 9.47 Å². The Labute approximate surface area is 238 Å². The van der Waals surface area contributed by atoms with Gasteiger partial charge in [-0.1, -0.05) is 101 Å². The van der Waals surface area contributed by atoms with Crippen molar-refractivity contribution in [2.24, 2.45) is 11.8 Å². The monoisotopic (exact) mass is 528 g/mol. The zero-order chi connectivity index (χ0) is 28.2. The summed E-state index contributed by atoms with van der Waals surface area (Å²) in [5.74, 6) is 3.36. The molecule has 2 unspecified atom stereocenters. The quantitative estimate of drug-likeness (QED) is 0.317. The standard InChI is InChI=1S/C37H52O2/c1-26-19-30(34(32(21-26)36(3,4)5)38-24-28-15-11-9-12-16-28)23-31-20-27(2)22-33(37(6,7)8)35(31)39-25-29-17-13-10-14-18-29/h9-11,13,19-22,28-29H,12,14-18,23-25H2,1-8H3. The van der Waals surface area contributed by atoms with Crippen LogP contribution in [0.1, 0.15) is 113 Å². The van der Waals surface area contributed by atoms with E-state index in [4.69, 9.17) is 9.47 Å². The van der Waals surface area contributed by atoms with Gasteiger partial charge >= 0.3 is 0 Å². The molecule has 0 spiro atoms. The molecule has 0 heterocycles. The van der Waals surface area contributed by atoms with Crippen LogP contribution in [0.4, 0.5) is 0 Å². The van der Waals surface area contributed by atoms with Gasteiger partial charge in [-0.15, -0.1) is 0 Å². The molecule has 2 aromatic carbocycles. The number of benzene rings is 2. The topological polar surface area (TPSA) is 18.5 Å². The van der Waals surface area contributed by atoms with Crippen LogP contribution in [0.5, 0.6) is 11.5 Å². The van der Waals surface area contributed by atoms with Crippen LogP contribution in [0.25, 0.3) is 0 Å². The van der Waals surface area contributed by atoms with Crippen molar-refractivity contribution in [2.75, 3.05) is 13.2 Å². The predicted octanol–water partition coefficient (Wildman–Crippen LogP) is 9.96. The van der Waals surface area contributed by atoms with Gasteiger partial charge in [-0.05, 0) is 86.2 Å². The first-order chi connectivity index (χ1) is 18.4. The molecule has 2 nitrogen and oxygen atoms in total. The predicted molar refractivity (Wildman–Crippen MR) is 167 cm³/mol. The van der Waals surface area contributed by atoms with Crippen LogP contribution in [0.2, 0.25) is 0 Å². The minimum Gasteiger partial charge on any atom is -0.493 e. The van der Waals surface area contributed by atoms with E-state index in [-0.39, 0.29) is 10.8 Å². The third-order valence-corrected chi connectivity index (χ3v) is 8.30. The van der Waals surface area contributed by atoms with Gasteiger partial charge in [0.2, 0.25) is 0 Å². The summed E-state index contributed by atoms with van der Waals surface area (Å²) in [5.41, 5.74) is 7.77. The van der Waals surface area contributed by atoms with E-state index in [2.05, 4.69) is 104 Å². The largest absolute Gasteiger partial charge is 0.493 e. The second-order valence-corrected chi connectivity index (χ2v) is 14.2. The van der Waals surface area contributed by atoms with E-state index in [1.165, 1.54) is 46.2 Å². The van der Waals surface area contributed by atoms with Gasteiger partial charge in [0.25, 0.3) is 0 Å². The van der Waals surface area contributed by atoms with Crippen LogP contribution in [0, 0.1) is 25.7 Å². The van der Waals surface area contributed by atoms with E-state index >= 15 is 0 Å². The van der Waals surface area contributed by atoms with Crippen LogP contribution >= 0.6 is 0 Å². The van der Waals surface area contributed by atoms with Gasteiger partial charge in [-0.2, -0.15) is 0 Å². The van der Waals surface area contributed by atoms with Crippen molar-refractivity contribution < 1.29 is 9.47 Å². The maximum atomic E-state index is 6.80. The van der Waals surface area contributed by atoms with E-state index in [0.29, 0.717) is 11.8 Å². The number of hydrogen-bond donors (Lipinski definition) is 0. The summed E-state index contributed by atoms with van der Waals surface area (Å²) in [5, 5.41) is 0. The van der Waals surface area contributed by atoms with Gasteiger partial charge in [0.05, 0.1) is 13.2 Å². The number of rotatable bonds is 8. The van der Waals surface area contributed by atoms with E-state index in [1.54, 1.807) is 0 Å². The molecular weight excluding hydrogens is 476 g/mol. The molecule has 4 rings (SSSR count). The summed E-state index contributed by atoms with van der Waals surface area (Å²) in [7, 11) is 0. The lowest BCUT2D eigenvalue weighted by Crippen LogP contribution is -2.20. The second-order valence-electron chi connectivity index (χ2n) is 14.2. The van der Waals surface area contributed by atoms with E-state index < -0.39 is 0 Å². The Balaban J connectivity index is 1.74. The third kappa shape index (κ3) is 7.80. The molecule has 0 aromatic heterocycles. The fourth-order valence-corrected chi connectivity index (χ4v) is 6.04. The average molecular weight is 529 g/mol. The molecule has 2 aliphatic carbocycles. The van der Waals surface area contributed by atoms with E-state index in [9.17, 15) is 0 Å². The summed E-state index contributed by atoms with van der Waals surface area (Å²) < 4.78 is 13.6. The normalized spacial score (nSPS) is 19.8. The van der Waals surface area contributed by atoms with Crippen molar-refractivity contribution in [1.82, 2.24) is 0 Å². The molecule has 0 radical (unpaired) electrons. The zero-order valence-corrected chi connectivity index (χ0v) is 26.0. The lowest BCUT2D eigenvalue weighted by molar-refractivity contribution is 0.230. The van der Waals surface area contributed by atoms with Crippen molar-refractivity contribution in [1.29, 1.82) is 0 Å². The minimum absolute atomic E-state index is 0.000421. The molecule has 0 amide bonds. The average Bonchev–Trinajstić information content (AvgIpc) is 2.87. The molecular formula is C37H52O2. The third-order valence-electron chi connectivity index (χ3n) is 8.30. The summed E-state index contributed by atoms with van der Waals surface area (Å²) in [6.07, 6.45) is 17.1. The molecule has 212 valence electrons. The minimum atomic E-state index is -0.000421. The molecule has 0 saturated carbocycles. The highest BCUT2D eigenvalue weighted by Gasteiger charge is 2.27. The number of allylic oxidation sites excluding steroid dienone is 4. The number of ether oxygens (including phenoxy) is 2. The van der Waals surface area contributed by atoms with Gasteiger partial charge in [0.15, 0.2) is 0 Å². The van der Waals surface area contributed by atoms with Crippen LogP contribution in [0.15, 0.2) is 48.6 Å². The molecule has 0 fully saturated rings. The first-order valence-electron chi connectivity index (χ1n) is 15.3. The van der Waals surface area contributed by atoms with Crippen LogP contribution in [-0.2, 0) is 17.3 Å². The van der Waals surface area contributed by atoms with Gasteiger partial charge in [0.1, 0.15) is 11.5 Å². The van der Waals surface area contributed by atoms with Gasteiger partial charge in [-0.3, -0.25) is 0 Å². The molecule has 0 N–H and O–H groups in total. The Bertz CT molecular complexity index is 1090. The Morgan fingerprint density at radius 3 is 1.36 bits per heavy atom. The van der Waals surface area contributed by atoms with Crippen molar-refractivity contribution >= 4 is 0 Å². The fraction of sp³-hybridized carbons (Fsp3) is 0.568. The molecule has 39 heavy (non-hydrogen) atoms. The summed E-state index contributed by atoms with van der Waals surface area (Å²) in [4.78, 5) is 0. The molecule has 0 saturated heterocycles. The highest BCUT2D eigenvalue weighted by atomic mass is 16.5. The van der Waals surface area contributed by atoms with Gasteiger partial charge in [-0.25, -0.2) is 0 Å². The van der Waals surface area contributed by atoms with Crippen LogP contribution in [-0.4, -0.2) is 13.2 Å². The van der Waals surface area contributed by atoms with Crippen LogP contribution in [0.3, 0.4) is 0 Å². The Morgan fingerprint density at radius 1 is 0.615 bits per heavy atom. The molecule has 2 atom stereocenters. The number of aryl methyl sites for hydroxylation is 2. The Kier molecular flexibility index (Phi) is 9.35. The van der Waals surface area contributed by atoms with Crippen molar-refractivity contribution in [2.45, 2.75) is 111 Å². The first-order valence-corrected chi connectivity index (χ1v) is 15.3. The summed E-state index contributed by atoms with van der Waals surface area (Å²) in [6, 6.07) is 9.37. The fourth-order valence-electron chi connectivity index (χ4n) is 6.04. The molecule has 0 bridgehead atoms. The maximum absolute atomic E-state index is 6.80. The summed E-state index contributed by atoms with van der Waals surface area (Å²) in [6.45, 7) is 19.8. The van der Waals surface area contributed by atoms with Crippen molar-refractivity contribution in [3.63, 3.8) is 0 Å². The maximum Gasteiger partial charge on any atom is 0.126 e. The second kappa shape index (κ2) is 12.4. The van der Waals surface area contributed by atoms with Crippen molar-refractivity contribution in [3.05, 3.63) is 82.0 Å². The SMILES string of the molecule is Cc1cc(Cc2cc(C)cc(C(C)(C)C)c2OCC2CC=CCC2)c(OCC2CC=CCC2)c(C(C)(C)C)c1. The Hall–Kier alpha value is -2.48. The van der Waals surface area contributed by atoms with Crippen molar-refractivity contribution in [3.8, 4) is 11.5 Å². The molecule has 2 heteroatoms. The lowest BCUT2D eigenvalue weighted by atomic mass is 9.81. The molecule has 2 aromatic rings. The number of hydrogen-bond acceptors (Lipinski definition) is 2. The molecule has 2 aliphatic rings. The summed E-state index contributed by atoms with van der Waals surface area (Å²) >= 11 is 0. The zero-order valence-electron chi connectivity index (χ0n) is 26.0. The van der Waals surface area contributed by atoms with E-state index in [1.807, 2.05) is 0 Å². The highest BCUT2D eigenvalue weighted by Crippen LogP contribution is 2.41. The Morgan fingerprint density at radius 2 is 1.03 bits per heavy atom. The lowest BCUT2D eigenvalue weighted by Gasteiger charge is -2.29.